The van der Waals surface area contributed by atoms with Gasteiger partial charge in [-0.1, -0.05) is 0 Å². The Morgan fingerprint density at radius 1 is 1.36 bits per heavy atom. The molecule has 0 saturated carbocycles. The Balaban J connectivity index is 0.00000242. The van der Waals surface area contributed by atoms with Gasteiger partial charge < -0.3 is 4.74 Å². The number of piperidine rings is 1. The third kappa shape index (κ3) is 3.61. The Morgan fingerprint density at radius 2 is 1.95 bits per heavy atom. The number of nitrogens with zero attached hydrogens (tertiary/aromatic N) is 2. The van der Waals surface area contributed by atoms with Crippen molar-refractivity contribution in [3.8, 4) is 0 Å². The van der Waals surface area contributed by atoms with Crippen molar-refractivity contribution in [1.29, 1.82) is 0 Å². The lowest BCUT2D eigenvalue weighted by molar-refractivity contribution is -0.149. The molecule has 0 unspecified atom stereocenters. The van der Waals surface area contributed by atoms with Gasteiger partial charge in [-0.2, -0.15) is 9.40 Å². The van der Waals surface area contributed by atoms with E-state index in [4.69, 9.17) is 4.74 Å². The van der Waals surface area contributed by atoms with E-state index in [1.165, 1.54) is 4.31 Å². The molecule has 0 aliphatic carbocycles. The number of aromatic nitrogens is 2. The first kappa shape index (κ1) is 18.9. The average molecular weight is 352 g/mol. The van der Waals surface area contributed by atoms with Crippen LogP contribution in [0, 0.1) is 19.8 Å². The normalized spacial score (nSPS) is 17.0. The molecule has 0 aromatic carbocycles. The number of H-pyrrole nitrogens is 1. The highest BCUT2D eigenvalue weighted by atomic mass is 35.5. The number of sulfonamides is 1. The van der Waals surface area contributed by atoms with Crippen LogP contribution in [-0.2, 0) is 19.6 Å². The van der Waals surface area contributed by atoms with Crippen molar-refractivity contribution in [3.05, 3.63) is 11.4 Å². The molecule has 1 aliphatic heterocycles. The van der Waals surface area contributed by atoms with Crippen LogP contribution in [0.3, 0.4) is 0 Å². The molecule has 1 saturated heterocycles. The zero-order chi connectivity index (χ0) is 15.6. The van der Waals surface area contributed by atoms with Crippen molar-refractivity contribution < 1.29 is 17.9 Å². The number of hydrogen-bond acceptors (Lipinski definition) is 5. The molecule has 1 aromatic heterocycles. The van der Waals surface area contributed by atoms with Crippen molar-refractivity contribution in [1.82, 2.24) is 14.5 Å². The lowest BCUT2D eigenvalue weighted by Crippen LogP contribution is -2.40. The van der Waals surface area contributed by atoms with E-state index in [0.29, 0.717) is 43.9 Å². The van der Waals surface area contributed by atoms with Crippen LogP contribution in [0.15, 0.2) is 4.90 Å². The van der Waals surface area contributed by atoms with Gasteiger partial charge in [0, 0.05) is 13.1 Å². The first-order valence-corrected chi connectivity index (χ1v) is 8.50. The summed E-state index contributed by atoms with van der Waals surface area (Å²) in [6, 6.07) is 0. The molecule has 1 fully saturated rings. The summed E-state index contributed by atoms with van der Waals surface area (Å²) in [5.74, 6) is -0.437. The second kappa shape index (κ2) is 7.43. The van der Waals surface area contributed by atoms with E-state index in [9.17, 15) is 13.2 Å². The fraction of sp³-hybridized carbons (Fsp3) is 0.692. The van der Waals surface area contributed by atoms with Crippen LogP contribution in [0.5, 0.6) is 0 Å². The summed E-state index contributed by atoms with van der Waals surface area (Å²) in [7, 11) is -3.55. The molecule has 2 heterocycles. The summed E-state index contributed by atoms with van der Waals surface area (Å²) < 4.78 is 31.7. The molecule has 0 amide bonds. The van der Waals surface area contributed by atoms with Gasteiger partial charge in [-0.3, -0.25) is 9.89 Å². The van der Waals surface area contributed by atoms with Crippen molar-refractivity contribution in [2.45, 2.75) is 38.5 Å². The molecule has 9 heteroatoms. The van der Waals surface area contributed by atoms with Gasteiger partial charge in [0.1, 0.15) is 4.90 Å². The van der Waals surface area contributed by atoms with Crippen molar-refractivity contribution in [2.24, 2.45) is 5.92 Å². The summed E-state index contributed by atoms with van der Waals surface area (Å²) >= 11 is 0. The van der Waals surface area contributed by atoms with Gasteiger partial charge in [-0.05, 0) is 33.6 Å². The Hall–Kier alpha value is -1.12. The number of hydrogen-bond donors (Lipinski definition) is 1. The average Bonchev–Trinajstić information content (AvgIpc) is 2.79. The van der Waals surface area contributed by atoms with E-state index in [1.807, 2.05) is 0 Å². The van der Waals surface area contributed by atoms with Crippen molar-refractivity contribution in [3.63, 3.8) is 0 Å². The van der Waals surface area contributed by atoms with Gasteiger partial charge in [-0.25, -0.2) is 8.42 Å². The van der Waals surface area contributed by atoms with Gasteiger partial charge in [0.05, 0.1) is 23.9 Å². The number of aromatic amines is 1. The fourth-order valence-electron chi connectivity index (χ4n) is 2.64. The van der Waals surface area contributed by atoms with Crippen LogP contribution in [0.4, 0.5) is 0 Å². The molecule has 0 bridgehead atoms. The summed E-state index contributed by atoms with van der Waals surface area (Å²) in [6.07, 6.45) is 0.988. The van der Waals surface area contributed by atoms with E-state index in [2.05, 4.69) is 10.2 Å². The Bertz CT molecular complexity index is 602. The van der Waals surface area contributed by atoms with Crippen LogP contribution in [-0.4, -0.2) is 48.6 Å². The SMILES string of the molecule is CCOC(=O)C1CCN(S(=O)(=O)c2c(C)n[nH]c2C)CC1.Cl. The van der Waals surface area contributed by atoms with E-state index in [-0.39, 0.29) is 29.2 Å². The Labute approximate surface area is 136 Å². The standard InChI is InChI=1S/C13H21N3O4S.ClH/c1-4-20-13(17)11-5-7-16(8-6-11)21(18,19)12-9(2)14-15-10(12)3;/h11H,4-8H2,1-3H3,(H,14,15);1H. The number of esters is 1. The van der Waals surface area contributed by atoms with Crippen molar-refractivity contribution in [2.75, 3.05) is 19.7 Å². The second-order valence-corrected chi connectivity index (χ2v) is 7.07. The molecular weight excluding hydrogens is 330 g/mol. The molecule has 1 aliphatic rings. The minimum Gasteiger partial charge on any atom is -0.466 e. The van der Waals surface area contributed by atoms with Crippen LogP contribution in [0.25, 0.3) is 0 Å². The lowest BCUT2D eigenvalue weighted by Gasteiger charge is -2.30. The molecular formula is C13H22ClN3O4S. The van der Waals surface area contributed by atoms with Crippen LogP contribution >= 0.6 is 12.4 Å². The van der Waals surface area contributed by atoms with E-state index < -0.39 is 10.0 Å². The highest BCUT2D eigenvalue weighted by Crippen LogP contribution is 2.27. The van der Waals surface area contributed by atoms with Gasteiger partial charge in [0.2, 0.25) is 10.0 Å². The minimum atomic E-state index is -3.55. The monoisotopic (exact) mass is 351 g/mol. The largest absolute Gasteiger partial charge is 0.466 e. The number of ether oxygens (including phenoxy) is 1. The second-order valence-electron chi connectivity index (χ2n) is 5.19. The molecule has 1 aromatic rings. The molecule has 22 heavy (non-hydrogen) atoms. The number of carbonyl (C=O) groups is 1. The minimum absolute atomic E-state index is 0. The van der Waals surface area contributed by atoms with Crippen LogP contribution in [0.1, 0.15) is 31.2 Å². The summed E-state index contributed by atoms with van der Waals surface area (Å²) in [5, 5.41) is 6.64. The molecule has 2 rings (SSSR count). The molecule has 7 nitrogen and oxygen atoms in total. The Kier molecular flexibility index (Phi) is 6.39. The number of nitrogens with one attached hydrogen (secondary N) is 1. The number of carbonyl (C=O) groups excluding carboxylic acids is 1. The number of aryl methyl sites for hydroxylation is 2. The van der Waals surface area contributed by atoms with Crippen LogP contribution < -0.4 is 0 Å². The third-order valence-electron chi connectivity index (χ3n) is 3.73. The lowest BCUT2D eigenvalue weighted by atomic mass is 9.98. The topological polar surface area (TPSA) is 92.4 Å². The zero-order valence-corrected chi connectivity index (χ0v) is 14.6. The van der Waals surface area contributed by atoms with Crippen molar-refractivity contribution >= 4 is 28.4 Å². The first-order valence-electron chi connectivity index (χ1n) is 7.06. The predicted octanol–water partition coefficient (Wildman–Crippen LogP) is 1.41. The quantitative estimate of drug-likeness (QED) is 0.828. The molecule has 126 valence electrons. The third-order valence-corrected chi connectivity index (χ3v) is 5.89. The molecule has 1 N–H and O–H groups in total. The first-order chi connectivity index (χ1) is 9.87. The molecule has 0 radical (unpaired) electrons. The van der Waals surface area contributed by atoms with E-state index >= 15 is 0 Å². The van der Waals surface area contributed by atoms with E-state index in [1.54, 1.807) is 20.8 Å². The maximum absolute atomic E-state index is 12.6. The summed E-state index contributed by atoms with van der Waals surface area (Å²) in [5.41, 5.74) is 1.01. The summed E-state index contributed by atoms with van der Waals surface area (Å²) in [4.78, 5) is 11.9. The summed E-state index contributed by atoms with van der Waals surface area (Å²) in [6.45, 7) is 6.14. The maximum Gasteiger partial charge on any atom is 0.309 e. The van der Waals surface area contributed by atoms with Gasteiger partial charge in [-0.15, -0.1) is 12.4 Å². The van der Waals surface area contributed by atoms with Gasteiger partial charge in [0.25, 0.3) is 0 Å². The molecule has 0 spiro atoms. The predicted molar refractivity (Wildman–Crippen MR) is 83.4 cm³/mol. The van der Waals surface area contributed by atoms with E-state index in [0.717, 1.165) is 0 Å². The smallest absolute Gasteiger partial charge is 0.309 e. The highest BCUT2D eigenvalue weighted by Gasteiger charge is 2.34. The van der Waals surface area contributed by atoms with Crippen LogP contribution in [0.2, 0.25) is 0 Å². The maximum atomic E-state index is 12.6. The van der Waals surface area contributed by atoms with Gasteiger partial charge >= 0.3 is 5.97 Å². The van der Waals surface area contributed by atoms with Gasteiger partial charge in [0.15, 0.2) is 0 Å². The fourth-order valence-corrected chi connectivity index (χ4v) is 4.44. The number of rotatable bonds is 4. The zero-order valence-electron chi connectivity index (χ0n) is 13.0. The highest BCUT2D eigenvalue weighted by molar-refractivity contribution is 7.89. The Morgan fingerprint density at radius 3 is 2.41 bits per heavy atom. The molecule has 0 atom stereocenters. The number of halogens is 1.